The second kappa shape index (κ2) is 7.84. The highest BCUT2D eigenvalue weighted by Gasteiger charge is 2.27. The van der Waals surface area contributed by atoms with Gasteiger partial charge in [0.25, 0.3) is 0 Å². The fourth-order valence-electron chi connectivity index (χ4n) is 3.06. The van der Waals surface area contributed by atoms with E-state index in [4.69, 9.17) is 28.9 Å². The molecule has 3 N–H and O–H groups in total. The van der Waals surface area contributed by atoms with E-state index >= 15 is 0 Å². The average molecular weight is 343 g/mol. The van der Waals surface area contributed by atoms with Crippen molar-refractivity contribution in [1.82, 2.24) is 5.32 Å². The quantitative estimate of drug-likeness (QED) is 0.822. The Hall–Kier alpha value is -1.26. The summed E-state index contributed by atoms with van der Waals surface area (Å²) < 4.78 is 0. The zero-order valence-corrected chi connectivity index (χ0v) is 13.8. The lowest BCUT2D eigenvalue weighted by Crippen LogP contribution is -2.36. The summed E-state index contributed by atoms with van der Waals surface area (Å²) in [7, 11) is 0. The first-order valence-corrected chi connectivity index (χ1v) is 8.24. The van der Waals surface area contributed by atoms with E-state index < -0.39 is 6.03 Å². The third kappa shape index (κ3) is 4.62. The number of carbonyl (C=O) groups is 2. The fraction of sp³-hybridized carbons (Fsp3) is 0.500. The second-order valence-corrected chi connectivity index (χ2v) is 6.61. The standard InChI is InChI=1S/C16H20Cl2N2O2/c17-13-6-5-11(8-14(13)18)12(7-10-3-1-2-4-10)15(21)9-20-16(19)22/h5-6,8,10,12H,1-4,7,9H2,(H3,19,20,22). The maximum absolute atomic E-state index is 12.5. The van der Waals surface area contributed by atoms with Gasteiger partial charge in [-0.05, 0) is 30.0 Å². The van der Waals surface area contributed by atoms with Gasteiger partial charge in [-0.15, -0.1) is 0 Å². The Morgan fingerprint density at radius 3 is 2.50 bits per heavy atom. The number of ketones is 1. The molecule has 0 aromatic heterocycles. The largest absolute Gasteiger partial charge is 0.352 e. The zero-order valence-electron chi connectivity index (χ0n) is 12.3. The van der Waals surface area contributed by atoms with Gasteiger partial charge in [0.1, 0.15) is 0 Å². The first-order chi connectivity index (χ1) is 10.5. The molecule has 0 bridgehead atoms. The van der Waals surface area contributed by atoms with Gasteiger partial charge in [0.15, 0.2) is 5.78 Å². The van der Waals surface area contributed by atoms with Crippen molar-refractivity contribution in [2.24, 2.45) is 11.7 Å². The van der Waals surface area contributed by atoms with E-state index in [1.54, 1.807) is 12.1 Å². The number of hydrogen-bond acceptors (Lipinski definition) is 2. The van der Waals surface area contributed by atoms with Crippen LogP contribution in [-0.2, 0) is 4.79 Å². The molecule has 22 heavy (non-hydrogen) atoms. The highest BCUT2D eigenvalue weighted by molar-refractivity contribution is 6.42. The lowest BCUT2D eigenvalue weighted by molar-refractivity contribution is -0.119. The minimum Gasteiger partial charge on any atom is -0.352 e. The van der Waals surface area contributed by atoms with Crippen molar-refractivity contribution in [3.05, 3.63) is 33.8 Å². The Balaban J connectivity index is 2.17. The molecule has 1 saturated carbocycles. The molecule has 1 aromatic carbocycles. The van der Waals surface area contributed by atoms with Gasteiger partial charge >= 0.3 is 6.03 Å². The Morgan fingerprint density at radius 2 is 1.91 bits per heavy atom. The summed E-state index contributed by atoms with van der Waals surface area (Å²) in [6, 6.07) is 4.58. The third-order valence-electron chi connectivity index (χ3n) is 4.22. The smallest absolute Gasteiger partial charge is 0.312 e. The van der Waals surface area contributed by atoms with E-state index in [1.165, 1.54) is 12.8 Å². The monoisotopic (exact) mass is 342 g/mol. The maximum Gasteiger partial charge on any atom is 0.312 e. The molecule has 0 radical (unpaired) electrons. The number of hydrogen-bond donors (Lipinski definition) is 2. The number of rotatable bonds is 6. The van der Waals surface area contributed by atoms with Crippen LogP contribution in [0.1, 0.15) is 43.6 Å². The Morgan fingerprint density at radius 1 is 1.23 bits per heavy atom. The van der Waals surface area contributed by atoms with Crippen LogP contribution in [0.15, 0.2) is 18.2 Å². The number of amides is 2. The summed E-state index contributed by atoms with van der Waals surface area (Å²) >= 11 is 12.0. The highest BCUT2D eigenvalue weighted by Crippen LogP contribution is 2.36. The molecule has 1 aromatic rings. The maximum atomic E-state index is 12.5. The van der Waals surface area contributed by atoms with Crippen LogP contribution in [0.5, 0.6) is 0 Å². The molecule has 0 aliphatic heterocycles. The van der Waals surface area contributed by atoms with Gasteiger partial charge in [-0.3, -0.25) is 4.79 Å². The van der Waals surface area contributed by atoms with Crippen LogP contribution in [0.4, 0.5) is 4.79 Å². The van der Waals surface area contributed by atoms with E-state index in [1.807, 2.05) is 6.07 Å². The van der Waals surface area contributed by atoms with Gasteiger partial charge < -0.3 is 11.1 Å². The second-order valence-electron chi connectivity index (χ2n) is 5.80. The Bertz CT molecular complexity index is 557. The average Bonchev–Trinajstić information content (AvgIpc) is 2.98. The summed E-state index contributed by atoms with van der Waals surface area (Å²) in [6.07, 6.45) is 5.50. The minimum absolute atomic E-state index is 0.0518. The predicted octanol–water partition coefficient (Wildman–Crippen LogP) is 3.89. The van der Waals surface area contributed by atoms with Crippen LogP contribution >= 0.6 is 23.2 Å². The first kappa shape index (κ1) is 17.1. The lowest BCUT2D eigenvalue weighted by Gasteiger charge is -2.20. The van der Waals surface area contributed by atoms with Crippen LogP contribution in [-0.4, -0.2) is 18.4 Å². The van der Waals surface area contributed by atoms with Gasteiger partial charge in [-0.2, -0.15) is 0 Å². The molecule has 1 fully saturated rings. The topological polar surface area (TPSA) is 72.2 Å². The van der Waals surface area contributed by atoms with E-state index in [0.29, 0.717) is 16.0 Å². The molecule has 2 amide bonds. The van der Waals surface area contributed by atoms with E-state index in [0.717, 1.165) is 24.8 Å². The minimum atomic E-state index is -0.692. The lowest BCUT2D eigenvalue weighted by atomic mass is 9.85. The van der Waals surface area contributed by atoms with E-state index in [9.17, 15) is 9.59 Å². The van der Waals surface area contributed by atoms with Crippen LogP contribution < -0.4 is 11.1 Å². The molecule has 120 valence electrons. The molecule has 1 unspecified atom stereocenters. The van der Waals surface area contributed by atoms with Crippen molar-refractivity contribution >= 4 is 35.0 Å². The van der Waals surface area contributed by atoms with Gasteiger partial charge in [0.05, 0.1) is 16.6 Å². The van der Waals surface area contributed by atoms with Gasteiger partial charge in [0, 0.05) is 5.92 Å². The molecule has 0 heterocycles. The van der Waals surface area contributed by atoms with Crippen molar-refractivity contribution in [1.29, 1.82) is 0 Å². The van der Waals surface area contributed by atoms with Crippen molar-refractivity contribution in [2.45, 2.75) is 38.0 Å². The number of urea groups is 1. The SMILES string of the molecule is NC(=O)NCC(=O)C(CC1CCCC1)c1ccc(Cl)c(Cl)c1. The van der Waals surface area contributed by atoms with E-state index in [-0.39, 0.29) is 18.2 Å². The predicted molar refractivity (Wildman–Crippen MR) is 88.4 cm³/mol. The number of nitrogens with one attached hydrogen (secondary N) is 1. The fourth-order valence-corrected chi connectivity index (χ4v) is 3.37. The molecular weight excluding hydrogens is 323 g/mol. The molecule has 6 heteroatoms. The van der Waals surface area contributed by atoms with Crippen LogP contribution in [0, 0.1) is 5.92 Å². The first-order valence-electron chi connectivity index (χ1n) is 7.48. The normalized spacial score (nSPS) is 16.5. The number of primary amides is 1. The van der Waals surface area contributed by atoms with Gasteiger partial charge in [-0.25, -0.2) is 4.79 Å². The summed E-state index contributed by atoms with van der Waals surface area (Å²) in [4.78, 5) is 23.3. The number of benzene rings is 1. The van der Waals surface area contributed by atoms with Crippen LogP contribution in [0.3, 0.4) is 0 Å². The highest BCUT2D eigenvalue weighted by atomic mass is 35.5. The zero-order chi connectivity index (χ0) is 16.1. The molecule has 0 spiro atoms. The number of carbonyl (C=O) groups excluding carboxylic acids is 2. The molecule has 1 aliphatic carbocycles. The van der Waals surface area contributed by atoms with Crippen molar-refractivity contribution in [2.75, 3.05) is 6.54 Å². The molecule has 1 aliphatic rings. The molecule has 0 saturated heterocycles. The molecule has 4 nitrogen and oxygen atoms in total. The molecule has 1 atom stereocenters. The van der Waals surface area contributed by atoms with E-state index in [2.05, 4.69) is 5.32 Å². The Kier molecular flexibility index (Phi) is 6.09. The van der Waals surface area contributed by atoms with Crippen molar-refractivity contribution < 1.29 is 9.59 Å². The third-order valence-corrected chi connectivity index (χ3v) is 4.95. The van der Waals surface area contributed by atoms with Crippen LogP contribution in [0.25, 0.3) is 0 Å². The summed E-state index contributed by atoms with van der Waals surface area (Å²) in [6.45, 7) is -0.0625. The summed E-state index contributed by atoms with van der Waals surface area (Å²) in [5, 5.41) is 3.28. The Labute approximate surface area is 140 Å². The van der Waals surface area contributed by atoms with Crippen LogP contribution in [0.2, 0.25) is 10.0 Å². The van der Waals surface area contributed by atoms with Crippen molar-refractivity contribution in [3.63, 3.8) is 0 Å². The van der Waals surface area contributed by atoms with Crippen molar-refractivity contribution in [3.8, 4) is 0 Å². The number of nitrogens with two attached hydrogens (primary N) is 1. The summed E-state index contributed by atoms with van der Waals surface area (Å²) in [5.41, 5.74) is 5.89. The van der Waals surface area contributed by atoms with Gasteiger partial charge in [-0.1, -0.05) is 55.0 Å². The number of Topliss-reactive ketones (excluding diaryl/α,β-unsaturated/α-hetero) is 1. The summed E-state index contributed by atoms with van der Waals surface area (Å²) in [5.74, 6) is 0.200. The van der Waals surface area contributed by atoms with Gasteiger partial charge in [0.2, 0.25) is 0 Å². The molecule has 2 rings (SSSR count). The molecular formula is C16H20Cl2N2O2. The number of halogens is 2.